The molecule has 1 amide bonds. The second-order valence-electron chi connectivity index (χ2n) is 9.23. The summed E-state index contributed by atoms with van der Waals surface area (Å²) in [6, 6.07) is 12.1. The second-order valence-corrected chi connectivity index (χ2v) is 10.1. The molecule has 0 unspecified atom stereocenters. The number of hydrogen-bond acceptors (Lipinski definition) is 5. The van der Waals surface area contributed by atoms with Gasteiger partial charge in [-0.05, 0) is 54.6 Å². The summed E-state index contributed by atoms with van der Waals surface area (Å²) < 4.78 is 0. The van der Waals surface area contributed by atoms with Crippen molar-refractivity contribution in [2.24, 2.45) is 0 Å². The summed E-state index contributed by atoms with van der Waals surface area (Å²) in [7, 11) is 0. The molecule has 0 atom stereocenters. The monoisotopic (exact) mass is 434 g/mol. The van der Waals surface area contributed by atoms with E-state index < -0.39 is 0 Å². The topological polar surface area (TPSA) is 58.1 Å². The van der Waals surface area contributed by atoms with Crippen molar-refractivity contribution < 1.29 is 4.79 Å². The van der Waals surface area contributed by atoms with Crippen LogP contribution >= 0.6 is 11.3 Å². The molecule has 1 aromatic carbocycles. The number of benzene rings is 1. The van der Waals surface area contributed by atoms with E-state index >= 15 is 0 Å². The van der Waals surface area contributed by atoms with Crippen LogP contribution in [0.2, 0.25) is 0 Å². The standard InChI is InChI=1S/C25H30N4OS/c1-25(2,3)20-8-4-5-9-21(20)27-23(30)22-17-31-24(28-22)19-10-13-29(14-11-19)16-18-7-6-12-26-15-18/h4-9,12,15,17,19H,10-11,13-14,16H2,1-3H3,(H,27,30). The number of aromatic nitrogens is 2. The highest BCUT2D eigenvalue weighted by Gasteiger charge is 2.25. The van der Waals surface area contributed by atoms with Crippen LogP contribution < -0.4 is 5.32 Å². The van der Waals surface area contributed by atoms with Gasteiger partial charge in [-0.2, -0.15) is 0 Å². The Labute approximate surface area is 188 Å². The van der Waals surface area contributed by atoms with Gasteiger partial charge in [0.1, 0.15) is 5.69 Å². The number of hydrogen-bond donors (Lipinski definition) is 1. The molecule has 5 nitrogen and oxygen atoms in total. The van der Waals surface area contributed by atoms with Crippen LogP contribution in [-0.4, -0.2) is 33.9 Å². The number of rotatable bonds is 5. The third-order valence-electron chi connectivity index (χ3n) is 5.80. The van der Waals surface area contributed by atoms with Crippen LogP contribution in [0.25, 0.3) is 0 Å². The van der Waals surface area contributed by atoms with Crippen molar-refractivity contribution in [3.8, 4) is 0 Å². The lowest BCUT2D eigenvalue weighted by Gasteiger charge is -2.30. The second kappa shape index (κ2) is 9.28. The minimum atomic E-state index is -0.131. The molecule has 0 spiro atoms. The number of para-hydroxylation sites is 1. The summed E-state index contributed by atoms with van der Waals surface area (Å²) in [6.45, 7) is 9.48. The van der Waals surface area contributed by atoms with E-state index in [1.54, 1.807) is 11.3 Å². The number of likely N-dealkylation sites (tertiary alicyclic amines) is 1. The zero-order valence-corrected chi connectivity index (χ0v) is 19.3. The van der Waals surface area contributed by atoms with Crippen molar-refractivity contribution in [1.82, 2.24) is 14.9 Å². The summed E-state index contributed by atoms with van der Waals surface area (Å²) in [5, 5.41) is 6.05. The molecule has 0 saturated carbocycles. The first-order chi connectivity index (χ1) is 14.9. The fraction of sp³-hybridized carbons (Fsp3) is 0.400. The minimum absolute atomic E-state index is 0.0408. The van der Waals surface area contributed by atoms with Crippen LogP contribution in [0.3, 0.4) is 0 Å². The van der Waals surface area contributed by atoms with Crippen molar-refractivity contribution in [3.05, 3.63) is 76.0 Å². The highest BCUT2D eigenvalue weighted by atomic mass is 32.1. The van der Waals surface area contributed by atoms with Gasteiger partial charge in [-0.25, -0.2) is 4.98 Å². The largest absolute Gasteiger partial charge is 0.320 e. The quantitative estimate of drug-likeness (QED) is 0.579. The fourth-order valence-corrected chi connectivity index (χ4v) is 5.07. The van der Waals surface area contributed by atoms with Crippen molar-refractivity contribution >= 4 is 22.9 Å². The number of carbonyl (C=O) groups is 1. The third kappa shape index (κ3) is 5.38. The summed E-state index contributed by atoms with van der Waals surface area (Å²) in [5.41, 5.74) is 3.71. The third-order valence-corrected chi connectivity index (χ3v) is 6.81. The molecule has 4 rings (SSSR count). The Morgan fingerprint density at radius 1 is 1.16 bits per heavy atom. The van der Waals surface area contributed by atoms with E-state index in [0.29, 0.717) is 11.6 Å². The number of anilines is 1. The van der Waals surface area contributed by atoms with Crippen LogP contribution in [0.5, 0.6) is 0 Å². The summed E-state index contributed by atoms with van der Waals surface area (Å²) in [5.74, 6) is 0.298. The number of nitrogens with one attached hydrogen (secondary N) is 1. The summed E-state index contributed by atoms with van der Waals surface area (Å²) in [6.07, 6.45) is 5.90. The lowest BCUT2D eigenvalue weighted by atomic mass is 9.86. The number of carbonyl (C=O) groups excluding carboxylic acids is 1. The Hall–Kier alpha value is -2.57. The number of amides is 1. The maximum atomic E-state index is 12.9. The number of pyridine rings is 1. The molecule has 1 fully saturated rings. The first-order valence-corrected chi connectivity index (χ1v) is 11.8. The van der Waals surface area contributed by atoms with E-state index in [1.165, 1.54) is 5.56 Å². The molecule has 3 heterocycles. The van der Waals surface area contributed by atoms with E-state index in [9.17, 15) is 4.79 Å². The molecule has 6 heteroatoms. The Morgan fingerprint density at radius 2 is 1.94 bits per heavy atom. The SMILES string of the molecule is CC(C)(C)c1ccccc1NC(=O)c1csc(C2CCN(Cc3cccnc3)CC2)n1. The van der Waals surface area contributed by atoms with Gasteiger partial charge in [0, 0.05) is 35.9 Å². The fourth-order valence-electron chi connectivity index (χ4n) is 4.10. The molecule has 2 aromatic heterocycles. The molecule has 0 aliphatic carbocycles. The van der Waals surface area contributed by atoms with E-state index in [1.807, 2.05) is 42.0 Å². The van der Waals surface area contributed by atoms with Gasteiger partial charge in [0.05, 0.1) is 5.01 Å². The van der Waals surface area contributed by atoms with Gasteiger partial charge in [0.15, 0.2) is 0 Å². The van der Waals surface area contributed by atoms with Crippen LogP contribution in [0.1, 0.15) is 66.2 Å². The van der Waals surface area contributed by atoms with Gasteiger partial charge in [0.25, 0.3) is 5.91 Å². The van der Waals surface area contributed by atoms with Crippen LogP contribution in [0, 0.1) is 0 Å². The van der Waals surface area contributed by atoms with Gasteiger partial charge in [-0.1, -0.05) is 45.0 Å². The molecule has 0 radical (unpaired) electrons. The molecule has 1 aliphatic heterocycles. The smallest absolute Gasteiger partial charge is 0.275 e. The first-order valence-electron chi connectivity index (χ1n) is 10.9. The molecule has 162 valence electrons. The van der Waals surface area contributed by atoms with Crippen molar-refractivity contribution in [3.63, 3.8) is 0 Å². The van der Waals surface area contributed by atoms with E-state index in [-0.39, 0.29) is 11.3 Å². The maximum absolute atomic E-state index is 12.9. The van der Waals surface area contributed by atoms with Gasteiger partial charge in [-0.15, -0.1) is 11.3 Å². The minimum Gasteiger partial charge on any atom is -0.320 e. The predicted molar refractivity (Wildman–Crippen MR) is 127 cm³/mol. The Kier molecular flexibility index (Phi) is 6.49. The van der Waals surface area contributed by atoms with Crippen molar-refractivity contribution in [2.45, 2.75) is 51.5 Å². The van der Waals surface area contributed by atoms with E-state index in [0.717, 1.165) is 48.7 Å². The van der Waals surface area contributed by atoms with Crippen LogP contribution in [0.4, 0.5) is 5.69 Å². The molecular weight excluding hydrogens is 404 g/mol. The molecule has 3 aromatic rings. The molecular formula is C25H30N4OS. The lowest BCUT2D eigenvalue weighted by molar-refractivity contribution is 0.102. The summed E-state index contributed by atoms with van der Waals surface area (Å²) >= 11 is 1.61. The van der Waals surface area contributed by atoms with Crippen molar-refractivity contribution in [1.29, 1.82) is 0 Å². The number of piperidine rings is 1. The molecule has 31 heavy (non-hydrogen) atoms. The Bertz CT molecular complexity index is 1020. The average Bonchev–Trinajstić information content (AvgIpc) is 3.25. The Balaban J connectivity index is 1.36. The van der Waals surface area contributed by atoms with E-state index in [4.69, 9.17) is 4.98 Å². The van der Waals surface area contributed by atoms with E-state index in [2.05, 4.69) is 48.1 Å². The average molecular weight is 435 g/mol. The Morgan fingerprint density at radius 3 is 2.65 bits per heavy atom. The van der Waals surface area contributed by atoms with Gasteiger partial charge >= 0.3 is 0 Å². The highest BCUT2D eigenvalue weighted by Crippen LogP contribution is 2.32. The molecule has 1 N–H and O–H groups in total. The van der Waals surface area contributed by atoms with Crippen molar-refractivity contribution in [2.75, 3.05) is 18.4 Å². The van der Waals surface area contributed by atoms with Gasteiger partial charge < -0.3 is 5.32 Å². The normalized spacial score (nSPS) is 15.7. The van der Waals surface area contributed by atoms with Gasteiger partial charge in [-0.3, -0.25) is 14.7 Å². The molecule has 1 saturated heterocycles. The molecule has 1 aliphatic rings. The lowest BCUT2D eigenvalue weighted by Crippen LogP contribution is -2.32. The van der Waals surface area contributed by atoms with Gasteiger partial charge in [0.2, 0.25) is 0 Å². The van der Waals surface area contributed by atoms with Crippen LogP contribution in [0.15, 0.2) is 54.2 Å². The van der Waals surface area contributed by atoms with Crippen LogP contribution in [-0.2, 0) is 12.0 Å². The number of thiazole rings is 1. The first kappa shape index (κ1) is 21.7. The zero-order chi connectivity index (χ0) is 21.8. The predicted octanol–water partition coefficient (Wildman–Crippen LogP) is 5.47. The highest BCUT2D eigenvalue weighted by molar-refractivity contribution is 7.10. The maximum Gasteiger partial charge on any atom is 0.275 e. The zero-order valence-electron chi connectivity index (χ0n) is 18.5. The summed E-state index contributed by atoms with van der Waals surface area (Å²) in [4.78, 5) is 24.3. The molecule has 0 bridgehead atoms. The number of nitrogens with zero attached hydrogens (tertiary/aromatic N) is 3.